The van der Waals surface area contributed by atoms with Crippen LogP contribution < -0.4 is 0 Å². The van der Waals surface area contributed by atoms with Crippen molar-refractivity contribution < 1.29 is 9.52 Å². The molecule has 18 heavy (non-hydrogen) atoms. The Bertz CT molecular complexity index is 760. The Morgan fingerprint density at radius 2 is 1.72 bits per heavy atom. The van der Waals surface area contributed by atoms with E-state index in [0.717, 1.165) is 5.56 Å². The van der Waals surface area contributed by atoms with Crippen molar-refractivity contribution >= 4 is 23.2 Å². The van der Waals surface area contributed by atoms with E-state index >= 15 is 0 Å². The first kappa shape index (κ1) is 11.0. The maximum Gasteiger partial charge on any atom is 0.139 e. The summed E-state index contributed by atoms with van der Waals surface area (Å²) in [5.41, 5.74) is 1.56. The lowest BCUT2D eigenvalue weighted by Crippen LogP contribution is -1.81. The molecule has 0 saturated heterocycles. The van der Waals surface area contributed by atoms with Gasteiger partial charge >= 0.3 is 0 Å². The van der Waals surface area contributed by atoms with E-state index in [1.807, 2.05) is 30.3 Å². The normalized spacial score (nSPS) is 10.7. The molecule has 0 atom stereocenters. The summed E-state index contributed by atoms with van der Waals surface area (Å²) in [6.45, 7) is 0. The molecule has 0 unspecified atom stereocenters. The van der Waals surface area contributed by atoms with Gasteiger partial charge in [-0.25, -0.2) is 0 Å². The summed E-state index contributed by atoms with van der Waals surface area (Å²) >= 11 is 5.31. The van der Waals surface area contributed by atoms with E-state index in [9.17, 15) is 5.11 Å². The minimum absolute atomic E-state index is 0.154. The Morgan fingerprint density at radius 1 is 0.944 bits per heavy atom. The van der Waals surface area contributed by atoms with Crippen LogP contribution in [0.2, 0.25) is 0 Å². The number of phenols is 1. The van der Waals surface area contributed by atoms with E-state index in [-0.39, 0.29) is 5.75 Å². The molecule has 0 spiro atoms. The highest BCUT2D eigenvalue weighted by Gasteiger charge is 2.07. The predicted molar refractivity (Wildman–Crippen MR) is 74.1 cm³/mol. The number of hydrogen-bond acceptors (Lipinski definition) is 3. The first-order chi connectivity index (χ1) is 8.75. The van der Waals surface area contributed by atoms with E-state index < -0.39 is 0 Å². The van der Waals surface area contributed by atoms with Crippen LogP contribution >= 0.6 is 12.2 Å². The molecule has 1 aromatic heterocycles. The summed E-state index contributed by atoms with van der Waals surface area (Å²) in [5.74, 6) is 0.861. The number of rotatable bonds is 1. The number of aromatic hydroxyl groups is 1. The first-order valence-electron chi connectivity index (χ1n) is 5.57. The second kappa shape index (κ2) is 4.27. The second-order valence-electron chi connectivity index (χ2n) is 3.99. The van der Waals surface area contributed by atoms with Gasteiger partial charge in [-0.05, 0) is 12.1 Å². The maximum atomic E-state index is 9.79. The van der Waals surface area contributed by atoms with Crippen LogP contribution in [0.25, 0.3) is 22.3 Å². The highest BCUT2D eigenvalue weighted by Crippen LogP contribution is 2.30. The van der Waals surface area contributed by atoms with E-state index in [1.54, 1.807) is 24.3 Å². The van der Waals surface area contributed by atoms with Crippen molar-refractivity contribution in [2.45, 2.75) is 0 Å². The van der Waals surface area contributed by atoms with Crippen LogP contribution in [0.15, 0.2) is 59.0 Å². The van der Waals surface area contributed by atoms with Gasteiger partial charge in [-0.2, -0.15) is 0 Å². The summed E-state index contributed by atoms with van der Waals surface area (Å²) in [5, 5.41) is 10.4. The highest BCUT2D eigenvalue weighted by atomic mass is 32.1. The lowest BCUT2D eigenvalue weighted by atomic mass is 10.1. The SMILES string of the molecule is Oc1cccc2oc(-c3ccccc3)cc(=S)c12. The van der Waals surface area contributed by atoms with E-state index in [4.69, 9.17) is 16.6 Å². The molecule has 2 nitrogen and oxygen atoms in total. The zero-order valence-electron chi connectivity index (χ0n) is 9.46. The molecule has 1 heterocycles. The second-order valence-corrected chi connectivity index (χ2v) is 4.43. The number of benzene rings is 2. The first-order valence-corrected chi connectivity index (χ1v) is 5.98. The average Bonchev–Trinajstić information content (AvgIpc) is 2.39. The molecule has 0 amide bonds. The van der Waals surface area contributed by atoms with Crippen molar-refractivity contribution in [3.05, 3.63) is 59.1 Å². The third kappa shape index (κ3) is 1.79. The molecule has 3 heteroatoms. The molecular weight excluding hydrogens is 244 g/mol. The van der Waals surface area contributed by atoms with Crippen LogP contribution in [0, 0.1) is 4.51 Å². The Kier molecular flexibility index (Phi) is 2.61. The largest absolute Gasteiger partial charge is 0.507 e. The summed E-state index contributed by atoms with van der Waals surface area (Å²) in [6, 6.07) is 16.7. The van der Waals surface area contributed by atoms with Gasteiger partial charge in [-0.1, -0.05) is 48.6 Å². The fourth-order valence-corrected chi connectivity index (χ4v) is 2.25. The van der Waals surface area contributed by atoms with Crippen molar-refractivity contribution in [3.63, 3.8) is 0 Å². The molecule has 1 N–H and O–H groups in total. The van der Waals surface area contributed by atoms with Crippen LogP contribution in [0.4, 0.5) is 0 Å². The molecule has 0 bridgehead atoms. The Balaban J connectivity index is 2.33. The quantitative estimate of drug-likeness (QED) is 0.647. The van der Waals surface area contributed by atoms with Crippen LogP contribution in [0.5, 0.6) is 5.75 Å². The van der Waals surface area contributed by atoms with E-state index in [1.165, 1.54) is 0 Å². The summed E-state index contributed by atoms with van der Waals surface area (Å²) < 4.78 is 6.37. The minimum atomic E-state index is 0.154. The lowest BCUT2D eigenvalue weighted by molar-refractivity contribution is 0.480. The minimum Gasteiger partial charge on any atom is -0.507 e. The van der Waals surface area contributed by atoms with Gasteiger partial charge < -0.3 is 9.52 Å². The molecular formula is C15H10O2S. The standard InChI is InChI=1S/C15H10O2S/c16-11-7-4-8-12-15(11)14(18)9-13(17-12)10-5-2-1-3-6-10/h1-9,16H. The molecule has 2 aromatic carbocycles. The number of phenolic OH excluding ortho intramolecular Hbond substituents is 1. The molecule has 0 radical (unpaired) electrons. The third-order valence-electron chi connectivity index (χ3n) is 2.79. The van der Waals surface area contributed by atoms with Gasteiger partial charge in [0.2, 0.25) is 0 Å². The highest BCUT2D eigenvalue weighted by molar-refractivity contribution is 7.71. The predicted octanol–water partition coefficient (Wildman–Crippen LogP) is 4.53. The van der Waals surface area contributed by atoms with Crippen LogP contribution in [0.3, 0.4) is 0 Å². The van der Waals surface area contributed by atoms with Crippen LogP contribution in [-0.2, 0) is 0 Å². The lowest BCUT2D eigenvalue weighted by Gasteiger charge is -2.05. The van der Waals surface area contributed by atoms with Gasteiger partial charge in [0, 0.05) is 11.6 Å². The summed E-state index contributed by atoms with van der Waals surface area (Å²) in [4.78, 5) is 0. The molecule has 0 fully saturated rings. The zero-order valence-corrected chi connectivity index (χ0v) is 10.3. The topological polar surface area (TPSA) is 33.4 Å². The molecule has 88 valence electrons. The molecule has 3 rings (SSSR count). The molecule has 0 saturated carbocycles. The van der Waals surface area contributed by atoms with Crippen molar-refractivity contribution in [1.29, 1.82) is 0 Å². The third-order valence-corrected chi connectivity index (χ3v) is 3.11. The fraction of sp³-hybridized carbons (Fsp3) is 0. The van der Waals surface area contributed by atoms with Crippen molar-refractivity contribution in [3.8, 4) is 17.1 Å². The van der Waals surface area contributed by atoms with Gasteiger partial charge in [0.15, 0.2) is 0 Å². The van der Waals surface area contributed by atoms with Gasteiger partial charge in [0.1, 0.15) is 17.1 Å². The Hall–Kier alpha value is -2.13. The van der Waals surface area contributed by atoms with Gasteiger partial charge in [-0.3, -0.25) is 0 Å². The van der Waals surface area contributed by atoms with Crippen molar-refractivity contribution in [1.82, 2.24) is 0 Å². The van der Waals surface area contributed by atoms with E-state index in [0.29, 0.717) is 21.2 Å². The Labute approximate surface area is 109 Å². The molecule has 3 aromatic rings. The molecule has 0 aliphatic rings. The molecule has 0 aliphatic heterocycles. The van der Waals surface area contributed by atoms with Gasteiger partial charge in [0.05, 0.1) is 9.90 Å². The smallest absolute Gasteiger partial charge is 0.139 e. The summed E-state index contributed by atoms with van der Waals surface area (Å²) in [7, 11) is 0. The van der Waals surface area contributed by atoms with Crippen molar-refractivity contribution in [2.24, 2.45) is 0 Å². The van der Waals surface area contributed by atoms with Gasteiger partial charge in [0.25, 0.3) is 0 Å². The monoisotopic (exact) mass is 254 g/mol. The van der Waals surface area contributed by atoms with Gasteiger partial charge in [-0.15, -0.1) is 0 Å². The van der Waals surface area contributed by atoms with Crippen molar-refractivity contribution in [2.75, 3.05) is 0 Å². The number of hydrogen-bond donors (Lipinski definition) is 1. The fourth-order valence-electron chi connectivity index (χ4n) is 1.94. The van der Waals surface area contributed by atoms with E-state index in [2.05, 4.69) is 0 Å². The Morgan fingerprint density at radius 3 is 2.50 bits per heavy atom. The zero-order chi connectivity index (χ0) is 12.5. The average molecular weight is 254 g/mol. The summed E-state index contributed by atoms with van der Waals surface area (Å²) in [6.07, 6.45) is 0. The molecule has 0 aliphatic carbocycles. The number of fused-ring (bicyclic) bond motifs is 1. The maximum absolute atomic E-state index is 9.79. The van der Waals surface area contributed by atoms with Crippen LogP contribution in [0.1, 0.15) is 0 Å². The van der Waals surface area contributed by atoms with Crippen LogP contribution in [-0.4, -0.2) is 5.11 Å².